The fraction of sp³-hybridized carbons (Fsp3) is 0.562. The van der Waals surface area contributed by atoms with E-state index in [9.17, 15) is 4.79 Å². The topological polar surface area (TPSA) is 52.6 Å². The van der Waals surface area contributed by atoms with Gasteiger partial charge >= 0.3 is 6.03 Å². The van der Waals surface area contributed by atoms with E-state index in [2.05, 4.69) is 44.3 Å². The third kappa shape index (κ3) is 4.53. The van der Waals surface area contributed by atoms with Gasteiger partial charge in [0.1, 0.15) is 0 Å². The molecule has 0 saturated carbocycles. The molecule has 0 unspecified atom stereocenters. The smallest absolute Gasteiger partial charge is 0.317 e. The number of nitrogens with one attached hydrogen (secondary N) is 1. The highest BCUT2D eigenvalue weighted by molar-refractivity contribution is 5.74. The van der Waals surface area contributed by atoms with Crippen LogP contribution in [0, 0.1) is 6.92 Å². The van der Waals surface area contributed by atoms with Crippen LogP contribution >= 0.6 is 0 Å². The van der Waals surface area contributed by atoms with E-state index in [4.69, 9.17) is 5.11 Å². The molecule has 2 amide bonds. The lowest BCUT2D eigenvalue weighted by atomic mass is 9.84. The number of hydrogen-bond donors (Lipinski definition) is 2. The number of likely N-dealkylation sites (N-methyl/N-ethyl adjacent to an activating group) is 1. The van der Waals surface area contributed by atoms with Crippen LogP contribution in [0.2, 0.25) is 0 Å². The van der Waals surface area contributed by atoms with Crippen LogP contribution in [0.4, 0.5) is 4.79 Å². The number of carbonyl (C=O) groups excluding carboxylic acids is 1. The lowest BCUT2D eigenvalue weighted by Gasteiger charge is -2.28. The van der Waals surface area contributed by atoms with Gasteiger partial charge in [-0.1, -0.05) is 43.7 Å². The summed E-state index contributed by atoms with van der Waals surface area (Å²) >= 11 is 0. The Hall–Kier alpha value is -1.55. The molecular weight excluding hydrogens is 252 g/mol. The third-order valence-electron chi connectivity index (χ3n) is 3.52. The van der Waals surface area contributed by atoms with Gasteiger partial charge in [-0.2, -0.15) is 0 Å². The Bertz CT molecular complexity index is 444. The summed E-state index contributed by atoms with van der Waals surface area (Å²) in [5.74, 6) is 0. The van der Waals surface area contributed by atoms with Crippen LogP contribution in [0.25, 0.3) is 0 Å². The van der Waals surface area contributed by atoms with Crippen molar-refractivity contribution in [3.05, 3.63) is 35.4 Å². The molecule has 1 aromatic rings. The number of hydrogen-bond acceptors (Lipinski definition) is 2. The van der Waals surface area contributed by atoms with Crippen molar-refractivity contribution in [2.75, 3.05) is 26.2 Å². The van der Waals surface area contributed by atoms with Crippen LogP contribution in [0.1, 0.15) is 31.9 Å². The standard InChI is InChI=1S/C16H26N2O2/c1-5-18(9-10-19)15(20)17-12-16(3,4)14-8-6-7-13(2)11-14/h6-8,11,19H,5,9-10,12H2,1-4H3,(H,17,20). The maximum absolute atomic E-state index is 12.0. The highest BCUT2D eigenvalue weighted by atomic mass is 16.3. The highest BCUT2D eigenvalue weighted by Gasteiger charge is 2.22. The van der Waals surface area contributed by atoms with Crippen molar-refractivity contribution in [3.63, 3.8) is 0 Å². The molecule has 0 aromatic heterocycles. The Labute approximate surface area is 121 Å². The summed E-state index contributed by atoms with van der Waals surface area (Å²) in [6.07, 6.45) is 0. The molecule has 0 heterocycles. The molecule has 4 heteroatoms. The van der Waals surface area contributed by atoms with Gasteiger partial charge in [-0.05, 0) is 19.4 Å². The maximum Gasteiger partial charge on any atom is 0.317 e. The molecule has 20 heavy (non-hydrogen) atoms. The maximum atomic E-state index is 12.0. The average Bonchev–Trinajstić information content (AvgIpc) is 2.42. The van der Waals surface area contributed by atoms with Gasteiger partial charge in [0.25, 0.3) is 0 Å². The van der Waals surface area contributed by atoms with Crippen LogP contribution in [-0.2, 0) is 5.41 Å². The fourth-order valence-electron chi connectivity index (χ4n) is 2.10. The van der Waals surface area contributed by atoms with Crippen molar-refractivity contribution in [1.29, 1.82) is 0 Å². The molecule has 0 aliphatic carbocycles. The predicted molar refractivity (Wildman–Crippen MR) is 81.9 cm³/mol. The summed E-state index contributed by atoms with van der Waals surface area (Å²) in [7, 11) is 0. The van der Waals surface area contributed by atoms with Crippen molar-refractivity contribution in [1.82, 2.24) is 10.2 Å². The Morgan fingerprint density at radius 3 is 2.65 bits per heavy atom. The van der Waals surface area contributed by atoms with Gasteiger partial charge in [-0.25, -0.2) is 4.79 Å². The molecule has 0 bridgehead atoms. The first-order valence-corrected chi connectivity index (χ1v) is 7.11. The number of aryl methyl sites for hydroxylation is 1. The first-order chi connectivity index (χ1) is 9.40. The lowest BCUT2D eigenvalue weighted by molar-refractivity contribution is 0.178. The zero-order chi connectivity index (χ0) is 15.2. The molecule has 1 aromatic carbocycles. The van der Waals surface area contributed by atoms with E-state index in [-0.39, 0.29) is 18.1 Å². The molecule has 0 spiro atoms. The van der Waals surface area contributed by atoms with Gasteiger partial charge in [-0.15, -0.1) is 0 Å². The van der Waals surface area contributed by atoms with E-state index in [1.54, 1.807) is 4.90 Å². The molecule has 0 saturated heterocycles. The zero-order valence-corrected chi connectivity index (χ0v) is 12.9. The molecule has 2 N–H and O–H groups in total. The molecule has 1 rings (SSSR count). The van der Waals surface area contributed by atoms with Gasteiger partial charge < -0.3 is 15.3 Å². The van der Waals surface area contributed by atoms with Gasteiger partial charge in [-0.3, -0.25) is 0 Å². The van der Waals surface area contributed by atoms with E-state index < -0.39 is 0 Å². The van der Waals surface area contributed by atoms with E-state index in [1.807, 2.05) is 13.0 Å². The number of carbonyl (C=O) groups is 1. The number of urea groups is 1. The number of aliphatic hydroxyl groups is 1. The number of aliphatic hydroxyl groups excluding tert-OH is 1. The summed E-state index contributed by atoms with van der Waals surface area (Å²) < 4.78 is 0. The summed E-state index contributed by atoms with van der Waals surface area (Å²) in [4.78, 5) is 13.6. The van der Waals surface area contributed by atoms with E-state index in [0.29, 0.717) is 19.6 Å². The van der Waals surface area contributed by atoms with E-state index in [0.717, 1.165) is 0 Å². The quantitative estimate of drug-likeness (QED) is 0.839. The minimum Gasteiger partial charge on any atom is -0.395 e. The normalized spacial score (nSPS) is 11.2. The van der Waals surface area contributed by atoms with Crippen LogP contribution < -0.4 is 5.32 Å². The zero-order valence-electron chi connectivity index (χ0n) is 12.9. The number of nitrogens with zero attached hydrogens (tertiary/aromatic N) is 1. The summed E-state index contributed by atoms with van der Waals surface area (Å²) in [6.45, 7) is 9.72. The van der Waals surface area contributed by atoms with Crippen LogP contribution in [-0.4, -0.2) is 42.3 Å². The van der Waals surface area contributed by atoms with Crippen molar-refractivity contribution >= 4 is 6.03 Å². The first-order valence-electron chi connectivity index (χ1n) is 7.11. The first kappa shape index (κ1) is 16.5. The van der Waals surface area contributed by atoms with Crippen molar-refractivity contribution < 1.29 is 9.90 Å². The second kappa shape index (κ2) is 7.29. The van der Waals surface area contributed by atoms with Gasteiger partial charge in [0, 0.05) is 25.0 Å². The van der Waals surface area contributed by atoms with Gasteiger partial charge in [0.15, 0.2) is 0 Å². The third-order valence-corrected chi connectivity index (χ3v) is 3.52. The molecular formula is C16H26N2O2. The Morgan fingerprint density at radius 2 is 2.10 bits per heavy atom. The number of rotatable bonds is 6. The summed E-state index contributed by atoms with van der Waals surface area (Å²) in [5.41, 5.74) is 2.31. The van der Waals surface area contributed by atoms with Gasteiger partial charge in [0.2, 0.25) is 0 Å². The van der Waals surface area contributed by atoms with Gasteiger partial charge in [0.05, 0.1) is 6.61 Å². The number of benzene rings is 1. The van der Waals surface area contributed by atoms with Crippen molar-refractivity contribution in [2.24, 2.45) is 0 Å². The lowest BCUT2D eigenvalue weighted by Crippen LogP contribution is -2.45. The molecule has 0 aliphatic rings. The van der Waals surface area contributed by atoms with Crippen LogP contribution in [0.15, 0.2) is 24.3 Å². The van der Waals surface area contributed by atoms with Crippen LogP contribution in [0.5, 0.6) is 0 Å². The molecule has 112 valence electrons. The SMILES string of the molecule is CCN(CCO)C(=O)NCC(C)(C)c1cccc(C)c1. The number of amides is 2. The minimum atomic E-state index is -0.125. The van der Waals surface area contributed by atoms with E-state index >= 15 is 0 Å². The van der Waals surface area contributed by atoms with Crippen molar-refractivity contribution in [2.45, 2.75) is 33.1 Å². The highest BCUT2D eigenvalue weighted by Crippen LogP contribution is 2.23. The summed E-state index contributed by atoms with van der Waals surface area (Å²) in [6, 6.07) is 8.22. The molecule has 0 radical (unpaired) electrons. The molecule has 0 fully saturated rings. The average molecular weight is 278 g/mol. The van der Waals surface area contributed by atoms with Crippen LogP contribution in [0.3, 0.4) is 0 Å². The second-order valence-corrected chi connectivity index (χ2v) is 5.72. The van der Waals surface area contributed by atoms with Crippen molar-refractivity contribution in [3.8, 4) is 0 Å². The molecule has 0 aliphatic heterocycles. The Morgan fingerprint density at radius 1 is 1.40 bits per heavy atom. The second-order valence-electron chi connectivity index (χ2n) is 5.72. The summed E-state index contributed by atoms with van der Waals surface area (Å²) in [5, 5.41) is 11.9. The predicted octanol–water partition coefficient (Wildman–Crippen LogP) is 2.30. The minimum absolute atomic E-state index is 0.0114. The molecule has 4 nitrogen and oxygen atoms in total. The fourth-order valence-corrected chi connectivity index (χ4v) is 2.10. The Balaban J connectivity index is 2.65. The molecule has 0 atom stereocenters. The largest absolute Gasteiger partial charge is 0.395 e. The Kier molecular flexibility index (Phi) is 6.02. The van der Waals surface area contributed by atoms with E-state index in [1.165, 1.54) is 11.1 Å². The monoisotopic (exact) mass is 278 g/mol.